The van der Waals surface area contributed by atoms with Crippen molar-refractivity contribution in [2.45, 2.75) is 19.6 Å². The number of anilines is 8. The van der Waals surface area contributed by atoms with E-state index < -0.39 is 40.1 Å². The lowest BCUT2D eigenvalue weighted by atomic mass is 9.98. The Bertz CT molecular complexity index is 6060. The van der Waals surface area contributed by atoms with Crippen LogP contribution in [0.25, 0.3) is 88.1 Å². The molecule has 26 nitrogen and oxygen atoms in total. The van der Waals surface area contributed by atoms with Gasteiger partial charge in [0.2, 0.25) is 0 Å². The maximum atomic E-state index is 12.9. The van der Waals surface area contributed by atoms with Crippen LogP contribution in [-0.2, 0) is 54.3 Å². The van der Waals surface area contributed by atoms with Gasteiger partial charge >= 0.3 is 0 Å². The van der Waals surface area contributed by atoms with Crippen molar-refractivity contribution in [3.05, 3.63) is 195 Å². The number of rotatable bonds is 13. The number of morpholine rings is 2. The van der Waals surface area contributed by atoms with Gasteiger partial charge in [-0.1, -0.05) is 72.8 Å². The van der Waals surface area contributed by atoms with Crippen LogP contribution in [-0.4, -0.2) is 208 Å². The van der Waals surface area contributed by atoms with E-state index >= 15 is 0 Å². The Morgan fingerprint density at radius 3 is 1.11 bits per heavy atom. The number of methoxy groups -OCH3 is 1. The van der Waals surface area contributed by atoms with Gasteiger partial charge in [-0.05, 0) is 111 Å². The molecule has 4 aromatic heterocycles. The first-order valence-electron chi connectivity index (χ1n) is 36.7. The molecule has 0 aliphatic carbocycles. The molecular formula is C81H83N15O11S4. The Hall–Kier alpha value is -10.6. The first-order chi connectivity index (χ1) is 53.8. The summed E-state index contributed by atoms with van der Waals surface area (Å²) in [5, 5.41) is 10.6. The second-order valence-electron chi connectivity index (χ2n) is 27.9. The first kappa shape index (κ1) is 74.5. The van der Waals surface area contributed by atoms with Crippen molar-refractivity contribution in [1.29, 1.82) is 0 Å². The lowest BCUT2D eigenvalue weighted by Gasteiger charge is -2.37. The van der Waals surface area contributed by atoms with Gasteiger partial charge in [-0.2, -0.15) is 0 Å². The van der Waals surface area contributed by atoms with Crippen LogP contribution in [0.4, 0.5) is 45.5 Å². The number of nitrogens with zero attached hydrogens (tertiary/aromatic N) is 9. The van der Waals surface area contributed by atoms with E-state index in [-0.39, 0.29) is 4.90 Å². The lowest BCUT2D eigenvalue weighted by Crippen LogP contribution is -2.48. The molecule has 3 saturated heterocycles. The Balaban J connectivity index is 0.000000113. The Kier molecular flexibility index (Phi) is 21.0. The van der Waals surface area contributed by atoms with Crippen LogP contribution in [0.5, 0.6) is 0 Å². The SMILES string of the molecule is CN(C)CCN1CCN(c2cc3c(c4ncccc24)NS(=O)(=O)c2ccccc2-3)CC1.COCCNc1cc2c(c3ncccc13)NS(=O)(=O)c1ccccc1-2.O=S1(=O)Nc2c(cc(N3CCOCC3)c3cccnc23)-c2ccccc21.O=S1(=O)Nc2c(cc(NCCN3CCOCC3)c3cccnc23)-c2ccccc21. The molecule has 0 bridgehead atoms. The second kappa shape index (κ2) is 31.3. The summed E-state index contributed by atoms with van der Waals surface area (Å²) in [5.74, 6) is 0. The fourth-order valence-electron chi connectivity index (χ4n) is 15.3. The van der Waals surface area contributed by atoms with Crippen LogP contribution < -0.4 is 39.3 Å². The molecule has 572 valence electrons. The second-order valence-corrected chi connectivity index (χ2v) is 34.5. The molecule has 30 heteroatoms. The average Bonchev–Trinajstić information content (AvgIpc) is 0.748. The van der Waals surface area contributed by atoms with E-state index in [2.05, 4.69) is 100 Å². The molecule has 0 radical (unpaired) electrons. The topological polar surface area (TPSA) is 304 Å². The highest BCUT2D eigenvalue weighted by molar-refractivity contribution is 7.94. The van der Waals surface area contributed by atoms with Crippen LogP contribution in [0.15, 0.2) is 214 Å². The maximum absolute atomic E-state index is 12.9. The third kappa shape index (κ3) is 14.9. The van der Waals surface area contributed by atoms with Gasteiger partial charge in [-0.3, -0.25) is 48.6 Å². The molecule has 7 aliphatic rings. The zero-order valence-electron chi connectivity index (χ0n) is 61.4. The number of likely N-dealkylation sites (N-methyl/N-ethyl adjacent to an activating group) is 1. The van der Waals surface area contributed by atoms with Gasteiger partial charge in [0.1, 0.15) is 0 Å². The fraction of sp³-hybridized carbons (Fsp3) is 0.259. The van der Waals surface area contributed by atoms with Gasteiger partial charge in [0.25, 0.3) is 40.1 Å². The van der Waals surface area contributed by atoms with Crippen LogP contribution in [0.3, 0.4) is 0 Å². The van der Waals surface area contributed by atoms with Gasteiger partial charge in [-0.25, -0.2) is 33.7 Å². The first-order valence-corrected chi connectivity index (χ1v) is 42.6. The van der Waals surface area contributed by atoms with Crippen LogP contribution >= 0.6 is 0 Å². The summed E-state index contributed by atoms with van der Waals surface area (Å²) < 4.78 is 129. The number of fused-ring (bicyclic) bond motifs is 20. The highest BCUT2D eigenvalue weighted by atomic mass is 32.2. The summed E-state index contributed by atoms with van der Waals surface area (Å²) in [5.41, 5.74) is 15.1. The molecule has 111 heavy (non-hydrogen) atoms. The Morgan fingerprint density at radius 2 is 0.721 bits per heavy atom. The minimum atomic E-state index is -3.62. The molecule has 7 aliphatic heterocycles. The molecule has 11 heterocycles. The molecule has 0 unspecified atom stereocenters. The van der Waals surface area contributed by atoms with Crippen molar-refractivity contribution in [2.75, 3.05) is 179 Å². The van der Waals surface area contributed by atoms with E-state index in [1.165, 1.54) is 0 Å². The number of pyridine rings is 4. The Morgan fingerprint density at radius 1 is 0.387 bits per heavy atom. The molecule has 0 saturated carbocycles. The Labute approximate surface area is 645 Å². The number of hydrogen-bond donors (Lipinski definition) is 6. The highest BCUT2D eigenvalue weighted by Gasteiger charge is 2.36. The molecule has 0 atom stereocenters. The molecule has 3 fully saturated rings. The quantitative estimate of drug-likeness (QED) is 0.0584. The zero-order chi connectivity index (χ0) is 76.6. The summed E-state index contributed by atoms with van der Waals surface area (Å²) in [7, 11) is -8.60. The predicted octanol–water partition coefficient (Wildman–Crippen LogP) is 11.4. The van der Waals surface area contributed by atoms with E-state index in [1.54, 1.807) is 80.4 Å². The van der Waals surface area contributed by atoms with Crippen LogP contribution in [0, 0.1) is 0 Å². The molecule has 8 aromatic carbocycles. The molecule has 12 aromatic rings. The van der Waals surface area contributed by atoms with Crippen molar-refractivity contribution in [3.63, 3.8) is 0 Å². The van der Waals surface area contributed by atoms with Gasteiger partial charge in [-0.15, -0.1) is 0 Å². The number of sulfonamides is 4. The number of ether oxygens (including phenoxy) is 3. The smallest absolute Gasteiger partial charge is 0.262 e. The normalized spacial score (nSPS) is 17.2. The van der Waals surface area contributed by atoms with E-state index in [9.17, 15) is 33.7 Å². The minimum absolute atomic E-state index is 0.278. The minimum Gasteiger partial charge on any atom is -0.383 e. The number of hydrogen-bond acceptors (Lipinski definition) is 22. The van der Waals surface area contributed by atoms with E-state index in [0.717, 1.165) is 164 Å². The van der Waals surface area contributed by atoms with Crippen LogP contribution in [0.1, 0.15) is 0 Å². The van der Waals surface area contributed by atoms with Gasteiger partial charge < -0.3 is 39.5 Å². The van der Waals surface area contributed by atoms with Crippen LogP contribution in [0.2, 0.25) is 0 Å². The number of nitrogens with one attached hydrogen (secondary N) is 6. The summed E-state index contributed by atoms with van der Waals surface area (Å²) in [4.78, 5) is 31.0. The summed E-state index contributed by atoms with van der Waals surface area (Å²) in [6.45, 7) is 15.4. The summed E-state index contributed by atoms with van der Waals surface area (Å²) in [6, 6.07) is 52.0. The standard InChI is InChI=1S/C23H27N5O2S.C21H22N4O3S.C19H17N3O3S.C18H17N3O3S/c1-26(2)10-11-27-12-14-28(15-13-27)20-16-19-17-6-3-4-8-21(17)31(29,30)25-23(19)22-18(20)7-5-9-24-22;26-29(27)19-6-2-1-4-15(19)17-14-18(22-8-9-25-10-12-28-13-11-25)16-5-3-7-23-20(16)21(17)24-29;23-26(24)17-6-2-1-4-13(17)15-12-16(22-8-10-25-11-9-22)14-5-3-7-20-18(14)19(15)21-26;1-24-10-9-19-15-11-14-12-5-2-3-7-16(12)25(22,23)21-18(14)17-13(15)6-4-8-20-17/h3-9,16,25H,10-15H2,1-2H3;1-7,14,22,24H,8-13H2;1-7,12,21H,8-11H2;2-8,11,19,21H,9-10H2,1H3. The number of benzene rings is 8. The number of aromatic nitrogens is 4. The molecule has 0 spiro atoms. The third-order valence-corrected chi connectivity index (χ3v) is 26.4. The molecule has 19 rings (SSSR count). The van der Waals surface area contributed by atoms with E-state index in [4.69, 9.17) is 14.2 Å². The molecular weight excluding hydrogens is 1490 g/mol. The van der Waals surface area contributed by atoms with Crippen molar-refractivity contribution in [3.8, 4) is 44.5 Å². The number of piperazine rings is 1. The van der Waals surface area contributed by atoms with Gasteiger partial charge in [0.05, 0.1) is 97.4 Å². The third-order valence-electron chi connectivity index (χ3n) is 20.7. The lowest BCUT2D eigenvalue weighted by molar-refractivity contribution is 0.0398. The van der Waals surface area contributed by atoms with Crippen molar-refractivity contribution in [2.24, 2.45) is 0 Å². The van der Waals surface area contributed by atoms with Gasteiger partial charge in [0, 0.05) is 206 Å². The largest absolute Gasteiger partial charge is 0.383 e. The van der Waals surface area contributed by atoms with E-state index in [0.29, 0.717) is 103 Å². The van der Waals surface area contributed by atoms with Gasteiger partial charge in [0.15, 0.2) is 0 Å². The predicted molar refractivity (Wildman–Crippen MR) is 438 cm³/mol. The maximum Gasteiger partial charge on any atom is 0.262 e. The highest BCUT2D eigenvalue weighted by Crippen LogP contribution is 2.50. The summed E-state index contributed by atoms with van der Waals surface area (Å²) in [6.07, 6.45) is 6.77. The van der Waals surface area contributed by atoms with Crippen molar-refractivity contribution >= 4 is 129 Å². The van der Waals surface area contributed by atoms with Crippen molar-refractivity contribution in [1.82, 2.24) is 34.6 Å². The molecule has 0 amide bonds. The zero-order valence-corrected chi connectivity index (χ0v) is 64.6. The average molecular weight is 1570 g/mol. The fourth-order valence-corrected chi connectivity index (χ4v) is 20.5. The monoisotopic (exact) mass is 1570 g/mol. The molecule has 6 N–H and O–H groups in total. The van der Waals surface area contributed by atoms with Crippen molar-refractivity contribution < 1.29 is 47.9 Å². The van der Waals surface area contributed by atoms with E-state index in [1.807, 2.05) is 109 Å². The summed E-state index contributed by atoms with van der Waals surface area (Å²) >= 11 is 0.